The molecule has 1 fully saturated rings. The number of aromatic nitrogens is 3. The lowest BCUT2D eigenvalue weighted by molar-refractivity contribution is -0.131. The monoisotopic (exact) mass is 372 g/mol. The van der Waals surface area contributed by atoms with Crippen molar-refractivity contribution < 1.29 is 4.79 Å². The number of carbonyl (C=O) groups is 1. The first-order valence-corrected chi connectivity index (χ1v) is 9.75. The van der Waals surface area contributed by atoms with Gasteiger partial charge in [-0.05, 0) is 43.5 Å². The van der Waals surface area contributed by atoms with E-state index in [4.69, 9.17) is 4.98 Å². The van der Waals surface area contributed by atoms with Crippen LogP contribution in [0.5, 0.6) is 0 Å². The molecule has 5 heteroatoms. The van der Waals surface area contributed by atoms with E-state index in [1.807, 2.05) is 35.5 Å². The number of aryl methyl sites for hydroxylation is 1. The van der Waals surface area contributed by atoms with Crippen molar-refractivity contribution in [3.8, 4) is 11.3 Å². The number of rotatable bonds is 4. The van der Waals surface area contributed by atoms with E-state index in [0.717, 1.165) is 41.9 Å². The molecule has 1 unspecified atom stereocenters. The molecule has 1 saturated heterocycles. The maximum atomic E-state index is 12.7. The summed E-state index contributed by atoms with van der Waals surface area (Å²) in [5, 5.41) is 0. The van der Waals surface area contributed by atoms with Crippen molar-refractivity contribution in [2.24, 2.45) is 0 Å². The van der Waals surface area contributed by atoms with Crippen molar-refractivity contribution in [3.63, 3.8) is 0 Å². The molecular weight excluding hydrogens is 348 g/mol. The molecule has 0 radical (unpaired) electrons. The van der Waals surface area contributed by atoms with Gasteiger partial charge in [-0.25, -0.2) is 4.98 Å². The van der Waals surface area contributed by atoms with E-state index in [2.05, 4.69) is 35.1 Å². The topological polar surface area (TPSA) is 59.0 Å². The Balaban J connectivity index is 1.49. The molecule has 1 aliphatic heterocycles. The van der Waals surface area contributed by atoms with Crippen LogP contribution in [-0.4, -0.2) is 38.8 Å². The molecule has 0 saturated carbocycles. The molecule has 3 aromatic rings. The zero-order valence-electron chi connectivity index (χ0n) is 16.1. The van der Waals surface area contributed by atoms with Crippen LogP contribution >= 0.6 is 0 Å². The molecule has 4 rings (SSSR count). The van der Waals surface area contributed by atoms with Crippen molar-refractivity contribution in [2.75, 3.05) is 13.1 Å². The van der Waals surface area contributed by atoms with Crippen LogP contribution in [0.1, 0.15) is 35.6 Å². The third-order valence-electron chi connectivity index (χ3n) is 5.26. The summed E-state index contributed by atoms with van der Waals surface area (Å²) < 4.78 is 0. The van der Waals surface area contributed by atoms with Crippen molar-refractivity contribution >= 4 is 5.91 Å². The average molecular weight is 372 g/mol. The Morgan fingerprint density at radius 3 is 2.82 bits per heavy atom. The summed E-state index contributed by atoms with van der Waals surface area (Å²) in [6.07, 6.45) is 9.56. The molecule has 0 N–H and O–H groups in total. The smallest absolute Gasteiger partial charge is 0.227 e. The zero-order valence-corrected chi connectivity index (χ0v) is 16.1. The number of carbonyl (C=O) groups excluding carboxylic acids is 1. The van der Waals surface area contributed by atoms with Gasteiger partial charge in [-0.1, -0.05) is 23.8 Å². The van der Waals surface area contributed by atoms with E-state index in [-0.39, 0.29) is 11.8 Å². The van der Waals surface area contributed by atoms with E-state index in [1.165, 1.54) is 5.56 Å². The summed E-state index contributed by atoms with van der Waals surface area (Å²) in [6.45, 7) is 3.59. The average Bonchev–Trinajstić information content (AvgIpc) is 2.75. The highest BCUT2D eigenvalue weighted by molar-refractivity contribution is 5.78. The first-order chi connectivity index (χ1) is 13.7. The molecule has 1 amide bonds. The third kappa shape index (κ3) is 4.25. The number of likely N-dealkylation sites (tertiary alicyclic amines) is 1. The van der Waals surface area contributed by atoms with Gasteiger partial charge in [-0.3, -0.25) is 14.8 Å². The summed E-state index contributed by atoms with van der Waals surface area (Å²) in [7, 11) is 0. The van der Waals surface area contributed by atoms with Crippen LogP contribution in [-0.2, 0) is 11.2 Å². The molecular formula is C23H24N4O. The second-order valence-corrected chi connectivity index (χ2v) is 7.41. The van der Waals surface area contributed by atoms with Gasteiger partial charge >= 0.3 is 0 Å². The van der Waals surface area contributed by atoms with Crippen LogP contribution in [0.3, 0.4) is 0 Å². The molecule has 2 aromatic heterocycles. The largest absolute Gasteiger partial charge is 0.342 e. The number of pyridine rings is 1. The number of amides is 1. The second kappa shape index (κ2) is 8.30. The van der Waals surface area contributed by atoms with Crippen LogP contribution in [0.25, 0.3) is 11.3 Å². The second-order valence-electron chi connectivity index (χ2n) is 7.41. The zero-order chi connectivity index (χ0) is 19.3. The molecule has 0 aliphatic carbocycles. The summed E-state index contributed by atoms with van der Waals surface area (Å²) in [5.74, 6) is 0.395. The minimum atomic E-state index is 0.165. The van der Waals surface area contributed by atoms with Gasteiger partial charge < -0.3 is 4.90 Å². The standard InChI is InChI=1S/C23H24N4O/c1-17-4-2-5-19(12-17)21-14-25-15-22(26-21)20-6-3-11-27(16-20)23(28)13-18-7-9-24-10-8-18/h2,4-5,7-10,12,14-15,20H,3,6,11,13,16H2,1H3. The Morgan fingerprint density at radius 1 is 1.14 bits per heavy atom. The molecule has 5 nitrogen and oxygen atoms in total. The van der Waals surface area contributed by atoms with Crippen LogP contribution in [0.15, 0.2) is 61.2 Å². The highest BCUT2D eigenvalue weighted by Gasteiger charge is 2.26. The lowest BCUT2D eigenvalue weighted by Gasteiger charge is -2.32. The van der Waals surface area contributed by atoms with Crippen molar-refractivity contribution in [3.05, 3.63) is 78.0 Å². The lowest BCUT2D eigenvalue weighted by Crippen LogP contribution is -2.40. The van der Waals surface area contributed by atoms with Gasteiger partial charge in [0, 0.05) is 43.2 Å². The molecule has 1 aromatic carbocycles. The van der Waals surface area contributed by atoms with Gasteiger partial charge in [0.1, 0.15) is 0 Å². The van der Waals surface area contributed by atoms with Gasteiger partial charge in [-0.15, -0.1) is 0 Å². The molecule has 0 spiro atoms. The Labute approximate surface area is 165 Å². The van der Waals surface area contributed by atoms with Crippen LogP contribution in [0.2, 0.25) is 0 Å². The first-order valence-electron chi connectivity index (χ1n) is 9.75. The summed E-state index contributed by atoms with van der Waals surface area (Å²) >= 11 is 0. The maximum Gasteiger partial charge on any atom is 0.227 e. The Kier molecular flexibility index (Phi) is 5.42. The number of benzene rings is 1. The van der Waals surface area contributed by atoms with Crippen molar-refractivity contribution in [1.82, 2.24) is 19.9 Å². The van der Waals surface area contributed by atoms with Crippen LogP contribution in [0, 0.1) is 6.92 Å². The number of piperidine rings is 1. The molecule has 1 aliphatic rings. The number of nitrogens with zero attached hydrogens (tertiary/aromatic N) is 4. The molecule has 142 valence electrons. The fourth-order valence-corrected chi connectivity index (χ4v) is 3.75. The summed E-state index contributed by atoms with van der Waals surface area (Å²) in [6, 6.07) is 12.1. The summed E-state index contributed by atoms with van der Waals surface area (Å²) in [5.41, 5.74) is 5.15. The van der Waals surface area contributed by atoms with Gasteiger partial charge in [0.25, 0.3) is 0 Å². The molecule has 3 heterocycles. The predicted octanol–water partition coefficient (Wildman–Crippen LogP) is 3.80. The van der Waals surface area contributed by atoms with E-state index >= 15 is 0 Å². The van der Waals surface area contributed by atoms with E-state index in [0.29, 0.717) is 13.0 Å². The fraction of sp³-hybridized carbons (Fsp3) is 0.304. The van der Waals surface area contributed by atoms with E-state index in [9.17, 15) is 4.79 Å². The fourth-order valence-electron chi connectivity index (χ4n) is 3.75. The van der Waals surface area contributed by atoms with Crippen LogP contribution < -0.4 is 0 Å². The van der Waals surface area contributed by atoms with Gasteiger partial charge in [0.2, 0.25) is 5.91 Å². The maximum absolute atomic E-state index is 12.7. The van der Waals surface area contributed by atoms with Crippen LogP contribution in [0.4, 0.5) is 0 Å². The first kappa shape index (κ1) is 18.3. The third-order valence-corrected chi connectivity index (χ3v) is 5.26. The van der Waals surface area contributed by atoms with E-state index in [1.54, 1.807) is 12.4 Å². The van der Waals surface area contributed by atoms with Gasteiger partial charge in [0.05, 0.1) is 24.0 Å². The Morgan fingerprint density at radius 2 is 2.00 bits per heavy atom. The SMILES string of the molecule is Cc1cccc(-c2cncc(C3CCCN(C(=O)Cc4ccncc4)C3)n2)c1. The molecule has 1 atom stereocenters. The minimum absolute atomic E-state index is 0.165. The normalized spacial score (nSPS) is 16.8. The van der Waals surface area contributed by atoms with Crippen molar-refractivity contribution in [1.29, 1.82) is 0 Å². The lowest BCUT2D eigenvalue weighted by atomic mass is 9.94. The Bertz CT molecular complexity index is 958. The Hall–Kier alpha value is -3.08. The minimum Gasteiger partial charge on any atom is -0.342 e. The number of hydrogen-bond donors (Lipinski definition) is 0. The van der Waals surface area contributed by atoms with E-state index < -0.39 is 0 Å². The highest BCUT2D eigenvalue weighted by Crippen LogP contribution is 2.27. The molecule has 0 bridgehead atoms. The number of hydrogen-bond acceptors (Lipinski definition) is 4. The highest BCUT2D eigenvalue weighted by atomic mass is 16.2. The molecule has 28 heavy (non-hydrogen) atoms. The van der Waals surface area contributed by atoms with Crippen molar-refractivity contribution in [2.45, 2.75) is 32.1 Å². The predicted molar refractivity (Wildman–Crippen MR) is 109 cm³/mol. The van der Waals surface area contributed by atoms with Gasteiger partial charge in [0.15, 0.2) is 0 Å². The summed E-state index contributed by atoms with van der Waals surface area (Å²) in [4.78, 5) is 28.0. The van der Waals surface area contributed by atoms with Gasteiger partial charge in [-0.2, -0.15) is 0 Å². The quantitative estimate of drug-likeness (QED) is 0.699.